The van der Waals surface area contributed by atoms with E-state index >= 15 is 0 Å². The third kappa shape index (κ3) is 6.46. The first-order chi connectivity index (χ1) is 14.7. The van der Waals surface area contributed by atoms with Crippen molar-refractivity contribution in [2.45, 2.75) is 38.5 Å². The summed E-state index contributed by atoms with van der Waals surface area (Å²) in [6, 6.07) is 13.1. The smallest absolute Gasteiger partial charge is 0.240 e. The van der Waals surface area contributed by atoms with E-state index in [1.54, 1.807) is 29.5 Å². The molecule has 164 valence electrons. The van der Waals surface area contributed by atoms with Crippen molar-refractivity contribution in [3.63, 3.8) is 0 Å². The standard InChI is InChI=1S/C23H27N3O3S2/c1-16-4-9-21(14-17(16)2)31(28,29)25-13-11-23(27)24-12-10-19-5-7-20(8-6-19)22-15-30-18(3)26-22/h4-9,14-15,25H,10-13H2,1-3H3,(H,24,27). The van der Waals surface area contributed by atoms with Crippen LogP contribution in [0.2, 0.25) is 0 Å². The first-order valence-electron chi connectivity index (χ1n) is 10.1. The molecule has 0 saturated carbocycles. The number of hydrogen-bond donors (Lipinski definition) is 2. The van der Waals surface area contributed by atoms with Gasteiger partial charge in [0.25, 0.3) is 0 Å². The third-order valence-corrected chi connectivity index (χ3v) is 7.27. The van der Waals surface area contributed by atoms with E-state index < -0.39 is 10.0 Å². The summed E-state index contributed by atoms with van der Waals surface area (Å²) in [7, 11) is -3.62. The number of benzene rings is 2. The molecule has 0 aliphatic carbocycles. The number of nitrogens with zero attached hydrogens (tertiary/aromatic N) is 1. The van der Waals surface area contributed by atoms with E-state index in [2.05, 4.69) is 15.0 Å². The summed E-state index contributed by atoms with van der Waals surface area (Å²) >= 11 is 1.63. The fraction of sp³-hybridized carbons (Fsp3) is 0.304. The summed E-state index contributed by atoms with van der Waals surface area (Å²) in [6.07, 6.45) is 0.794. The maximum absolute atomic E-state index is 12.4. The summed E-state index contributed by atoms with van der Waals surface area (Å²) in [4.78, 5) is 16.7. The van der Waals surface area contributed by atoms with Gasteiger partial charge in [0.2, 0.25) is 15.9 Å². The maximum atomic E-state index is 12.4. The molecule has 0 radical (unpaired) electrons. The minimum Gasteiger partial charge on any atom is -0.356 e. The van der Waals surface area contributed by atoms with Gasteiger partial charge in [0.15, 0.2) is 0 Å². The van der Waals surface area contributed by atoms with Gasteiger partial charge >= 0.3 is 0 Å². The van der Waals surface area contributed by atoms with Gasteiger partial charge in [-0.1, -0.05) is 30.3 Å². The zero-order valence-corrected chi connectivity index (χ0v) is 19.6. The van der Waals surface area contributed by atoms with Crippen molar-refractivity contribution in [2.24, 2.45) is 0 Å². The highest BCUT2D eigenvalue weighted by molar-refractivity contribution is 7.89. The molecule has 1 aromatic heterocycles. The van der Waals surface area contributed by atoms with Crippen LogP contribution in [-0.4, -0.2) is 32.4 Å². The Labute approximate surface area is 187 Å². The lowest BCUT2D eigenvalue weighted by atomic mass is 10.1. The van der Waals surface area contributed by atoms with Gasteiger partial charge in [-0.3, -0.25) is 4.79 Å². The molecular formula is C23H27N3O3S2. The predicted molar refractivity (Wildman–Crippen MR) is 125 cm³/mol. The van der Waals surface area contributed by atoms with Gasteiger partial charge in [-0.15, -0.1) is 11.3 Å². The van der Waals surface area contributed by atoms with Gasteiger partial charge in [-0.2, -0.15) is 0 Å². The summed E-state index contributed by atoms with van der Waals surface area (Å²) in [5, 5.41) is 5.92. The largest absolute Gasteiger partial charge is 0.356 e. The van der Waals surface area contributed by atoms with Crippen LogP contribution in [0, 0.1) is 20.8 Å². The number of aromatic nitrogens is 1. The van der Waals surface area contributed by atoms with Crippen LogP contribution >= 0.6 is 11.3 Å². The van der Waals surface area contributed by atoms with Gasteiger partial charge in [0.05, 0.1) is 15.6 Å². The lowest BCUT2D eigenvalue weighted by Gasteiger charge is -2.09. The van der Waals surface area contributed by atoms with Gasteiger partial charge in [0, 0.05) is 30.5 Å². The molecular weight excluding hydrogens is 430 g/mol. The molecule has 6 nitrogen and oxygen atoms in total. The average molecular weight is 458 g/mol. The molecule has 0 fully saturated rings. The second-order valence-corrected chi connectivity index (χ2v) is 10.3. The summed E-state index contributed by atoms with van der Waals surface area (Å²) in [5.41, 5.74) is 5.12. The number of carbonyl (C=O) groups excluding carboxylic acids is 1. The van der Waals surface area contributed by atoms with Crippen LogP contribution in [-0.2, 0) is 21.2 Å². The van der Waals surface area contributed by atoms with E-state index in [9.17, 15) is 13.2 Å². The van der Waals surface area contributed by atoms with Gasteiger partial charge < -0.3 is 5.32 Å². The molecule has 31 heavy (non-hydrogen) atoms. The Morgan fingerprint density at radius 2 is 1.74 bits per heavy atom. The van der Waals surface area contributed by atoms with E-state index in [1.165, 1.54) is 0 Å². The lowest BCUT2D eigenvalue weighted by Crippen LogP contribution is -2.31. The number of nitrogens with one attached hydrogen (secondary N) is 2. The Bertz CT molecular complexity index is 1150. The minimum atomic E-state index is -3.62. The highest BCUT2D eigenvalue weighted by Crippen LogP contribution is 2.21. The number of aryl methyl sites for hydroxylation is 3. The number of carbonyl (C=O) groups is 1. The van der Waals surface area contributed by atoms with E-state index in [0.29, 0.717) is 13.0 Å². The van der Waals surface area contributed by atoms with E-state index in [4.69, 9.17) is 0 Å². The number of sulfonamides is 1. The molecule has 0 atom stereocenters. The normalized spacial score (nSPS) is 11.5. The molecule has 0 unspecified atom stereocenters. The monoisotopic (exact) mass is 457 g/mol. The van der Waals surface area contributed by atoms with Crippen molar-refractivity contribution in [1.29, 1.82) is 0 Å². The molecule has 1 heterocycles. The second kappa shape index (κ2) is 10.2. The highest BCUT2D eigenvalue weighted by atomic mass is 32.2. The fourth-order valence-corrected chi connectivity index (χ4v) is 4.77. The molecule has 0 saturated heterocycles. The SMILES string of the molecule is Cc1nc(-c2ccc(CCNC(=O)CCNS(=O)(=O)c3ccc(C)c(C)c3)cc2)cs1. The van der Waals surface area contributed by atoms with Crippen molar-refractivity contribution in [3.05, 3.63) is 69.5 Å². The first kappa shape index (κ1) is 23.1. The van der Waals surface area contributed by atoms with Crippen molar-refractivity contribution in [2.75, 3.05) is 13.1 Å². The molecule has 3 rings (SSSR count). The molecule has 0 bridgehead atoms. The zero-order chi connectivity index (χ0) is 22.4. The predicted octanol–water partition coefficient (Wildman–Crippen LogP) is 3.76. The Hall–Kier alpha value is -2.55. The lowest BCUT2D eigenvalue weighted by molar-refractivity contribution is -0.120. The molecule has 0 aliphatic rings. The number of amides is 1. The van der Waals surface area contributed by atoms with E-state index in [-0.39, 0.29) is 23.8 Å². The summed E-state index contributed by atoms with van der Waals surface area (Å²) in [5.74, 6) is -0.183. The Morgan fingerprint density at radius 1 is 1.00 bits per heavy atom. The topological polar surface area (TPSA) is 88.2 Å². The van der Waals surface area contributed by atoms with Crippen LogP contribution in [0.15, 0.2) is 52.7 Å². The number of rotatable bonds is 9. The maximum Gasteiger partial charge on any atom is 0.240 e. The van der Waals surface area contributed by atoms with Gasteiger partial charge in [-0.25, -0.2) is 18.1 Å². The van der Waals surface area contributed by atoms with Crippen molar-refractivity contribution in [3.8, 4) is 11.3 Å². The third-order valence-electron chi connectivity index (χ3n) is 5.04. The van der Waals surface area contributed by atoms with Crippen LogP contribution in [0.5, 0.6) is 0 Å². The van der Waals surface area contributed by atoms with Crippen LogP contribution in [0.3, 0.4) is 0 Å². The van der Waals surface area contributed by atoms with Crippen LogP contribution in [0.25, 0.3) is 11.3 Å². The van der Waals surface area contributed by atoms with E-state index in [0.717, 1.165) is 33.0 Å². The molecule has 1 amide bonds. The van der Waals surface area contributed by atoms with Crippen molar-refractivity contribution in [1.82, 2.24) is 15.0 Å². The number of hydrogen-bond acceptors (Lipinski definition) is 5. The van der Waals surface area contributed by atoms with Crippen molar-refractivity contribution >= 4 is 27.3 Å². The minimum absolute atomic E-state index is 0.0584. The molecule has 8 heteroatoms. The Balaban J connectivity index is 1.40. The average Bonchev–Trinajstić information content (AvgIpc) is 3.16. The second-order valence-electron chi connectivity index (χ2n) is 7.44. The van der Waals surface area contributed by atoms with Gasteiger partial charge in [0.1, 0.15) is 0 Å². The molecule has 2 aromatic carbocycles. The Kier molecular flexibility index (Phi) is 7.59. The summed E-state index contributed by atoms with van der Waals surface area (Å²) < 4.78 is 27.2. The molecule has 3 aromatic rings. The van der Waals surface area contributed by atoms with Crippen molar-refractivity contribution < 1.29 is 13.2 Å². The van der Waals surface area contributed by atoms with Gasteiger partial charge in [-0.05, 0) is 56.0 Å². The number of thiazole rings is 1. The zero-order valence-electron chi connectivity index (χ0n) is 17.9. The molecule has 2 N–H and O–H groups in total. The first-order valence-corrected chi connectivity index (χ1v) is 12.5. The molecule has 0 spiro atoms. The van der Waals surface area contributed by atoms with E-state index in [1.807, 2.05) is 50.4 Å². The molecule has 0 aliphatic heterocycles. The van der Waals surface area contributed by atoms with Crippen LogP contribution < -0.4 is 10.0 Å². The van der Waals surface area contributed by atoms with Crippen LogP contribution in [0.1, 0.15) is 28.1 Å². The quantitative estimate of drug-likeness (QED) is 0.512. The Morgan fingerprint density at radius 3 is 2.39 bits per heavy atom. The highest BCUT2D eigenvalue weighted by Gasteiger charge is 2.14. The fourth-order valence-electron chi connectivity index (χ4n) is 3.04. The summed E-state index contributed by atoms with van der Waals surface area (Å²) in [6.45, 7) is 6.34. The van der Waals surface area contributed by atoms with Crippen LogP contribution in [0.4, 0.5) is 0 Å².